The third-order valence-corrected chi connectivity index (χ3v) is 11.0. The molecule has 23 nitrogen and oxygen atoms in total. The van der Waals surface area contributed by atoms with Crippen LogP contribution in [0.15, 0.2) is 60.4 Å². The number of esters is 1. The molecule has 4 heterocycles. The molecule has 0 radical (unpaired) electrons. The second-order valence-corrected chi connectivity index (χ2v) is 15.5. The monoisotopic (exact) mass is 921 g/mol. The molecule has 3 aromatic carbocycles. The predicted octanol–water partition coefficient (Wildman–Crippen LogP) is -2.07. The molecular formula is C42H49O23+. The molecule has 14 N–H and O–H groups in total. The fourth-order valence-corrected chi connectivity index (χ4v) is 7.41. The molecule has 3 fully saturated rings. The first-order valence-electron chi connectivity index (χ1n) is 20.0. The molecule has 65 heavy (non-hydrogen) atoms. The quantitative estimate of drug-likeness (QED) is 0.0357. The summed E-state index contributed by atoms with van der Waals surface area (Å²) in [5, 5.41) is 136. The van der Waals surface area contributed by atoms with E-state index in [1.807, 2.05) is 0 Å². The van der Waals surface area contributed by atoms with Gasteiger partial charge in [0.2, 0.25) is 6.29 Å². The van der Waals surface area contributed by atoms with E-state index in [2.05, 4.69) is 4.74 Å². The minimum atomic E-state index is -1.93. The van der Waals surface area contributed by atoms with E-state index in [-0.39, 0.29) is 39.9 Å². The molecule has 23 heteroatoms. The Morgan fingerprint density at radius 3 is 2.03 bits per heavy atom. The van der Waals surface area contributed by atoms with E-state index in [0.29, 0.717) is 5.56 Å². The van der Waals surface area contributed by atoms with Gasteiger partial charge >= 0.3 is 5.97 Å². The summed E-state index contributed by atoms with van der Waals surface area (Å²) in [6.07, 6.45) is -21.7. The smallest absolute Gasteiger partial charge is 0.330 e. The van der Waals surface area contributed by atoms with Crippen molar-refractivity contribution >= 4 is 18.1 Å². The van der Waals surface area contributed by atoms with Gasteiger partial charge in [0, 0.05) is 18.2 Å². The average Bonchev–Trinajstić information content (AvgIpc) is 3.52. The van der Waals surface area contributed by atoms with Crippen molar-refractivity contribution in [2.24, 2.45) is 0 Å². The fraction of sp³-hybridized carbons (Fsp3) is 0.452. The Morgan fingerprint density at radius 2 is 1.32 bits per heavy atom. The van der Waals surface area contributed by atoms with Crippen molar-refractivity contribution in [2.45, 2.75) is 92.1 Å². The number of carbonyl (C=O) groups excluding carboxylic acids is 1. The Labute approximate surface area is 367 Å². The molecule has 15 unspecified atom stereocenters. The van der Waals surface area contributed by atoms with Gasteiger partial charge in [0.15, 0.2) is 41.3 Å². The van der Waals surface area contributed by atoms with Gasteiger partial charge in [-0.25, -0.2) is 4.79 Å². The van der Waals surface area contributed by atoms with Crippen molar-refractivity contribution in [2.75, 3.05) is 26.9 Å². The number of methoxy groups -OCH3 is 1. The molecule has 0 aromatic heterocycles. The maximum absolute atomic E-state index is 12.5. The van der Waals surface area contributed by atoms with Crippen molar-refractivity contribution in [3.8, 4) is 40.2 Å². The minimum Gasteiger partial charge on any atom is -0.571 e. The van der Waals surface area contributed by atoms with Crippen LogP contribution < -0.4 is 4.74 Å². The summed E-state index contributed by atoms with van der Waals surface area (Å²) >= 11 is 0. The zero-order valence-electron chi connectivity index (χ0n) is 34.1. The van der Waals surface area contributed by atoms with Gasteiger partial charge in [-0.3, -0.25) is 0 Å². The molecular weight excluding hydrogens is 872 g/mol. The third kappa shape index (κ3) is 10.3. The topological polar surface area (TPSA) is 367 Å². The van der Waals surface area contributed by atoms with E-state index in [4.69, 9.17) is 37.9 Å². The summed E-state index contributed by atoms with van der Waals surface area (Å²) in [5.74, 6) is -2.71. The lowest BCUT2D eigenvalue weighted by molar-refractivity contribution is -0.333. The van der Waals surface area contributed by atoms with Crippen LogP contribution in [0.4, 0.5) is 0 Å². The maximum Gasteiger partial charge on any atom is 0.330 e. The summed E-state index contributed by atoms with van der Waals surface area (Å²) in [7, 11) is 1.35. The van der Waals surface area contributed by atoms with E-state index >= 15 is 0 Å². The van der Waals surface area contributed by atoms with Crippen LogP contribution in [0.3, 0.4) is 0 Å². The largest absolute Gasteiger partial charge is 0.571 e. The fourth-order valence-electron chi connectivity index (χ4n) is 7.41. The van der Waals surface area contributed by atoms with Crippen molar-refractivity contribution < 1.29 is 114 Å². The SMILES string of the molecule is COc1cc(C=CC(=O)OCC2OC(OCC3OC(OC4=Cc5c(O)cc(O)cc5[OH+]C4c4ccc(O)c(O)c4)C(OCC4OC(O)C(O)C4O)C(O)C3O)C(O)C(O)C2O)ccc1O. The molecule has 3 aromatic rings. The number of phenolic OH excluding ortho intramolecular Hbond substituents is 5. The first kappa shape index (κ1) is 47.5. The van der Waals surface area contributed by atoms with Crippen LogP contribution in [0.5, 0.6) is 40.2 Å². The highest BCUT2D eigenvalue weighted by molar-refractivity contribution is 5.87. The molecule has 0 spiro atoms. The molecule has 7 rings (SSSR count). The number of aliphatic hydroxyl groups is 9. The molecule has 4 aliphatic rings. The van der Waals surface area contributed by atoms with Gasteiger partial charge in [0.05, 0.1) is 32.0 Å². The Balaban J connectivity index is 1.09. The van der Waals surface area contributed by atoms with Gasteiger partial charge in [0.1, 0.15) is 90.8 Å². The molecule has 0 bridgehead atoms. The van der Waals surface area contributed by atoms with Gasteiger partial charge in [-0.1, -0.05) is 6.07 Å². The molecule has 15 atom stereocenters. The van der Waals surface area contributed by atoms with Crippen molar-refractivity contribution in [1.29, 1.82) is 0 Å². The van der Waals surface area contributed by atoms with Crippen molar-refractivity contribution in [1.82, 2.24) is 0 Å². The Hall–Kier alpha value is -5.51. The van der Waals surface area contributed by atoms with E-state index in [0.717, 1.165) is 18.2 Å². The van der Waals surface area contributed by atoms with E-state index in [1.165, 1.54) is 55.7 Å². The van der Waals surface area contributed by atoms with E-state index in [9.17, 15) is 71.2 Å². The van der Waals surface area contributed by atoms with E-state index in [1.54, 1.807) is 0 Å². The highest BCUT2D eigenvalue weighted by Gasteiger charge is 2.51. The van der Waals surface area contributed by atoms with Gasteiger partial charge in [-0.15, -0.1) is 0 Å². The van der Waals surface area contributed by atoms with Crippen LogP contribution in [0, 0.1) is 0 Å². The zero-order valence-corrected chi connectivity index (χ0v) is 34.1. The van der Waals surface area contributed by atoms with E-state index < -0.39 is 135 Å². The summed E-state index contributed by atoms with van der Waals surface area (Å²) in [5.41, 5.74) is 0.725. The third-order valence-electron chi connectivity index (χ3n) is 11.0. The van der Waals surface area contributed by atoms with Crippen LogP contribution in [-0.4, -0.2) is 190 Å². The number of fused-ring (bicyclic) bond motifs is 1. The summed E-state index contributed by atoms with van der Waals surface area (Å²) < 4.78 is 49.6. The Bertz CT molecular complexity index is 2220. The highest BCUT2D eigenvalue weighted by Crippen LogP contribution is 2.46. The number of aromatic hydroxyl groups is 6. The standard InChI is InChI=1S/C42H48O23/c1-57-25-8-16(2-5-21(25)45)3-7-30(48)58-13-28-31(49)34(52)37(55)41(64-28)60-15-29-32(50)35(53)39(59-14-27-33(51)36(54)40(56)62-27)42(65-29)63-26-12-19-22(46)10-18(43)11-24(19)61-38(26)17-4-6-20(44)23(47)9-17/h2-12,27-29,31-47,49-56H,13-15H2,1H3/p+1. The number of benzene rings is 3. The van der Waals surface area contributed by atoms with Crippen LogP contribution in [0.1, 0.15) is 22.8 Å². The molecule has 354 valence electrons. The van der Waals surface area contributed by atoms with Gasteiger partial charge < -0.3 is 109 Å². The van der Waals surface area contributed by atoms with Crippen LogP contribution in [0.25, 0.3) is 12.2 Å². The number of carbonyl (C=O) groups is 1. The van der Waals surface area contributed by atoms with Gasteiger partial charge in [-0.2, -0.15) is 0 Å². The number of hydrogen-bond acceptors (Lipinski definition) is 22. The predicted molar refractivity (Wildman–Crippen MR) is 214 cm³/mol. The lowest BCUT2D eigenvalue weighted by atomic mass is 9.97. The first-order valence-corrected chi connectivity index (χ1v) is 20.0. The second-order valence-electron chi connectivity index (χ2n) is 15.5. The van der Waals surface area contributed by atoms with Crippen LogP contribution in [0.2, 0.25) is 0 Å². The number of phenols is 5. The molecule has 0 aliphatic carbocycles. The molecule has 4 aliphatic heterocycles. The lowest BCUT2D eigenvalue weighted by Gasteiger charge is -2.44. The normalized spacial score (nSPS) is 33.5. The van der Waals surface area contributed by atoms with Gasteiger partial charge in [0.25, 0.3) is 11.9 Å². The number of ether oxygens (including phenoxy) is 9. The zero-order chi connectivity index (χ0) is 46.9. The Morgan fingerprint density at radius 1 is 0.662 bits per heavy atom. The van der Waals surface area contributed by atoms with Crippen molar-refractivity contribution in [3.05, 3.63) is 77.1 Å². The second kappa shape index (κ2) is 19.9. The first-order chi connectivity index (χ1) is 30.9. The summed E-state index contributed by atoms with van der Waals surface area (Å²) in [4.78, 5) is 12.5. The molecule has 3 saturated heterocycles. The van der Waals surface area contributed by atoms with Crippen LogP contribution >= 0.6 is 0 Å². The number of rotatable bonds is 14. The average molecular weight is 922 g/mol. The molecule has 0 amide bonds. The maximum atomic E-state index is 12.5. The number of hydrogen-bond donors (Lipinski definition) is 13. The minimum absolute atomic E-state index is 0.0506. The van der Waals surface area contributed by atoms with Crippen molar-refractivity contribution in [3.63, 3.8) is 0 Å². The summed E-state index contributed by atoms with van der Waals surface area (Å²) in [6, 6.07) is 10.3. The Kier molecular flexibility index (Phi) is 14.5. The van der Waals surface area contributed by atoms with Crippen LogP contribution in [-0.2, 0) is 38.0 Å². The van der Waals surface area contributed by atoms with Gasteiger partial charge in [-0.05, 0) is 42.0 Å². The number of aliphatic hydroxyl groups excluding tert-OH is 8. The molecule has 0 saturated carbocycles. The summed E-state index contributed by atoms with van der Waals surface area (Å²) in [6.45, 7) is -1.99. The lowest BCUT2D eigenvalue weighted by Crippen LogP contribution is -2.62. The highest BCUT2D eigenvalue weighted by atomic mass is 16.7.